The molecule has 158 valence electrons. The average Bonchev–Trinajstić information content (AvgIpc) is 2.64. The molecule has 4 nitrogen and oxygen atoms in total. The molecule has 0 heterocycles. The third-order valence-corrected chi connectivity index (χ3v) is 3.90. The van der Waals surface area contributed by atoms with Crippen LogP contribution < -0.4 is 11.1 Å². The second kappa shape index (κ2) is 9.27. The average molecular weight is 420 g/mol. The van der Waals surface area contributed by atoms with Gasteiger partial charge in [0.15, 0.2) is 0 Å². The Bertz CT molecular complexity index is 789. The van der Waals surface area contributed by atoms with E-state index in [1.54, 1.807) is 30.3 Å². The number of ether oxygens (including phenoxy) is 1. The van der Waals surface area contributed by atoms with Crippen molar-refractivity contribution in [1.29, 1.82) is 0 Å². The summed E-state index contributed by atoms with van der Waals surface area (Å²) in [5.41, 5.74) is 3.41. The number of nitrogens with one attached hydrogen (secondary N) is 1. The van der Waals surface area contributed by atoms with E-state index >= 15 is 0 Å². The number of carbonyl (C=O) groups excluding carboxylic acids is 1. The maximum absolute atomic E-state index is 12.8. The van der Waals surface area contributed by atoms with Crippen molar-refractivity contribution in [3.8, 4) is 0 Å². The summed E-state index contributed by atoms with van der Waals surface area (Å²) >= 11 is 0. The van der Waals surface area contributed by atoms with Gasteiger partial charge < -0.3 is 15.8 Å². The summed E-state index contributed by atoms with van der Waals surface area (Å²) < 4.78 is 81.9. The first-order valence-corrected chi connectivity index (χ1v) is 8.40. The summed E-state index contributed by atoms with van der Waals surface area (Å²) in [7, 11) is 0. The lowest BCUT2D eigenvalue weighted by atomic mass is 10.1. The number of benzene rings is 2. The summed E-state index contributed by atoms with van der Waals surface area (Å²) in [5, 5.41) is 2.33. The first kappa shape index (κ1) is 22.7. The van der Waals surface area contributed by atoms with E-state index in [1.807, 2.05) is 0 Å². The summed E-state index contributed by atoms with van der Waals surface area (Å²) in [5.74, 6) is -0.561. The van der Waals surface area contributed by atoms with Crippen LogP contribution in [0.5, 0.6) is 0 Å². The zero-order valence-electron chi connectivity index (χ0n) is 15.0. The number of amides is 1. The highest BCUT2D eigenvalue weighted by atomic mass is 19.4. The van der Waals surface area contributed by atoms with Gasteiger partial charge in [0, 0.05) is 0 Å². The Morgan fingerprint density at radius 3 is 2.00 bits per heavy atom. The molecule has 0 aliphatic heterocycles. The van der Waals surface area contributed by atoms with Crippen molar-refractivity contribution >= 4 is 5.91 Å². The van der Waals surface area contributed by atoms with E-state index in [0.29, 0.717) is 12.1 Å². The fraction of sp³-hybridized carbons (Fsp3) is 0.316. The number of carbonyl (C=O) groups is 1. The van der Waals surface area contributed by atoms with Gasteiger partial charge in [-0.15, -0.1) is 0 Å². The van der Waals surface area contributed by atoms with Gasteiger partial charge in [0.1, 0.15) is 6.73 Å². The summed E-state index contributed by atoms with van der Waals surface area (Å²) in [6.45, 7) is -0.972. The lowest BCUT2D eigenvalue weighted by Crippen LogP contribution is -2.42. The molecule has 0 aliphatic rings. The molecule has 1 atom stereocenters. The van der Waals surface area contributed by atoms with Gasteiger partial charge in [-0.25, -0.2) is 0 Å². The van der Waals surface area contributed by atoms with Crippen molar-refractivity contribution in [2.45, 2.75) is 31.4 Å². The lowest BCUT2D eigenvalue weighted by molar-refractivity contribution is -0.143. The van der Waals surface area contributed by atoms with Crippen LogP contribution in [0.15, 0.2) is 48.5 Å². The lowest BCUT2D eigenvalue weighted by Gasteiger charge is -2.15. The Morgan fingerprint density at radius 1 is 0.931 bits per heavy atom. The fourth-order valence-corrected chi connectivity index (χ4v) is 2.49. The molecule has 2 rings (SSSR count). The van der Waals surface area contributed by atoms with Crippen LogP contribution in [-0.2, 0) is 34.9 Å². The predicted octanol–water partition coefficient (Wildman–Crippen LogP) is 3.88. The van der Waals surface area contributed by atoms with E-state index in [9.17, 15) is 31.1 Å². The SMILES string of the molecule is N[C@@H](Cc1ccccc1)C(=O)NCOCc1cc(C(F)(F)F)cc(C(F)(F)F)c1. The molecular formula is C19H18F6N2O2. The molecule has 0 aromatic heterocycles. The highest BCUT2D eigenvalue weighted by Gasteiger charge is 2.36. The molecule has 0 unspecified atom stereocenters. The van der Waals surface area contributed by atoms with Crippen LogP contribution in [0, 0.1) is 0 Å². The summed E-state index contributed by atoms with van der Waals surface area (Å²) in [4.78, 5) is 11.9. The van der Waals surface area contributed by atoms with Gasteiger partial charge in [0.05, 0.1) is 23.8 Å². The second-order valence-corrected chi connectivity index (χ2v) is 6.24. The maximum Gasteiger partial charge on any atom is 0.416 e. The van der Waals surface area contributed by atoms with Crippen LogP contribution in [0.4, 0.5) is 26.3 Å². The molecule has 0 radical (unpaired) electrons. The molecule has 3 N–H and O–H groups in total. The topological polar surface area (TPSA) is 64.4 Å². The van der Waals surface area contributed by atoms with E-state index in [1.165, 1.54) is 0 Å². The van der Waals surface area contributed by atoms with Gasteiger partial charge >= 0.3 is 12.4 Å². The van der Waals surface area contributed by atoms with Gasteiger partial charge in [-0.1, -0.05) is 30.3 Å². The molecule has 10 heteroatoms. The van der Waals surface area contributed by atoms with E-state index < -0.39 is 48.8 Å². The highest BCUT2D eigenvalue weighted by molar-refractivity contribution is 5.81. The van der Waals surface area contributed by atoms with Gasteiger partial charge in [-0.3, -0.25) is 4.79 Å². The first-order chi connectivity index (χ1) is 13.5. The van der Waals surface area contributed by atoms with Crippen molar-refractivity contribution in [1.82, 2.24) is 5.32 Å². The predicted molar refractivity (Wildman–Crippen MR) is 92.4 cm³/mol. The number of rotatable bonds is 7. The Labute approximate surface area is 162 Å². The molecule has 0 aliphatic carbocycles. The molecule has 2 aromatic rings. The molecule has 1 amide bonds. The van der Waals surface area contributed by atoms with Crippen LogP contribution in [0.2, 0.25) is 0 Å². The van der Waals surface area contributed by atoms with Crippen molar-refractivity contribution in [3.63, 3.8) is 0 Å². The van der Waals surface area contributed by atoms with Crippen molar-refractivity contribution < 1.29 is 35.9 Å². The van der Waals surface area contributed by atoms with Crippen molar-refractivity contribution in [2.75, 3.05) is 6.73 Å². The smallest absolute Gasteiger partial charge is 0.357 e. The molecule has 0 saturated heterocycles. The van der Waals surface area contributed by atoms with Gasteiger partial charge in [0.2, 0.25) is 5.91 Å². The number of hydrogen-bond acceptors (Lipinski definition) is 3. The Morgan fingerprint density at radius 2 is 1.48 bits per heavy atom. The van der Waals surface area contributed by atoms with Gasteiger partial charge in [-0.2, -0.15) is 26.3 Å². The van der Waals surface area contributed by atoms with E-state index in [2.05, 4.69) is 5.32 Å². The second-order valence-electron chi connectivity index (χ2n) is 6.24. The third kappa shape index (κ3) is 7.06. The molecule has 0 spiro atoms. The molecule has 2 aromatic carbocycles. The quantitative estimate of drug-likeness (QED) is 0.406. The van der Waals surface area contributed by atoms with Crippen molar-refractivity contribution in [3.05, 3.63) is 70.8 Å². The molecule has 0 bridgehead atoms. The van der Waals surface area contributed by atoms with E-state index in [4.69, 9.17) is 10.5 Å². The van der Waals surface area contributed by atoms with Crippen molar-refractivity contribution in [2.24, 2.45) is 5.73 Å². The minimum absolute atomic E-state index is 0.0356. The largest absolute Gasteiger partial charge is 0.416 e. The maximum atomic E-state index is 12.8. The number of nitrogens with two attached hydrogens (primary N) is 1. The monoisotopic (exact) mass is 420 g/mol. The zero-order valence-corrected chi connectivity index (χ0v) is 15.0. The van der Waals surface area contributed by atoms with E-state index in [-0.39, 0.29) is 18.1 Å². The van der Waals surface area contributed by atoms with E-state index in [0.717, 1.165) is 5.56 Å². The number of halogens is 6. The van der Waals surface area contributed by atoms with Crippen LogP contribution in [-0.4, -0.2) is 18.7 Å². The summed E-state index contributed by atoms with van der Waals surface area (Å²) in [6.07, 6.45) is -9.61. The fourth-order valence-electron chi connectivity index (χ4n) is 2.49. The Balaban J connectivity index is 1.92. The van der Waals surface area contributed by atoms with Crippen LogP contribution in [0.25, 0.3) is 0 Å². The van der Waals surface area contributed by atoms with Gasteiger partial charge in [0.25, 0.3) is 0 Å². The third-order valence-electron chi connectivity index (χ3n) is 3.90. The van der Waals surface area contributed by atoms with Crippen LogP contribution in [0.1, 0.15) is 22.3 Å². The molecular weight excluding hydrogens is 402 g/mol. The molecule has 0 saturated carbocycles. The zero-order chi connectivity index (χ0) is 21.7. The molecule has 29 heavy (non-hydrogen) atoms. The number of hydrogen-bond donors (Lipinski definition) is 2. The molecule has 0 fully saturated rings. The Hall–Kier alpha value is -2.59. The van der Waals surface area contributed by atoms with Crippen LogP contribution in [0.3, 0.4) is 0 Å². The summed E-state index contributed by atoms with van der Waals surface area (Å²) in [6, 6.07) is 9.24. The van der Waals surface area contributed by atoms with Gasteiger partial charge in [-0.05, 0) is 35.7 Å². The minimum atomic E-state index is -4.94. The Kier molecular flexibility index (Phi) is 7.26. The minimum Gasteiger partial charge on any atom is -0.357 e. The first-order valence-electron chi connectivity index (χ1n) is 8.40. The standard InChI is InChI=1S/C19H18F6N2O2/c20-18(21,22)14-6-13(7-15(9-14)19(23,24)25)10-29-11-27-17(28)16(26)8-12-4-2-1-3-5-12/h1-7,9,16H,8,10-11,26H2,(H,27,28)/t16-/m0/s1. The van der Waals surface area contributed by atoms with Crippen LogP contribution >= 0.6 is 0 Å². The number of alkyl halides is 6. The normalized spacial score (nSPS) is 13.2. The highest BCUT2D eigenvalue weighted by Crippen LogP contribution is 2.36.